The van der Waals surface area contributed by atoms with E-state index in [1.165, 1.54) is 0 Å². The zero-order chi connectivity index (χ0) is 12.9. The minimum Gasteiger partial charge on any atom is -0.545 e. The first-order valence-electron chi connectivity index (χ1n) is 3.70. The van der Waals surface area contributed by atoms with Crippen molar-refractivity contribution in [3.63, 3.8) is 0 Å². The molecule has 11 heteroatoms. The standard InChI is InChI=1S/C4H7N5.C2HCl3O2.H2O/c1-2-7-3(5)9-4(6)8-2;3-2(4,5)1(6)7;/h1H3,(H4,5,6,7,8,9);(H,6,7);1H2. The van der Waals surface area contributed by atoms with Crippen LogP contribution in [0, 0.1) is 6.92 Å². The average molecular weight is 307 g/mol. The molecule has 1 rings (SSSR count). The Morgan fingerprint density at radius 3 is 1.76 bits per heavy atom. The monoisotopic (exact) mass is 305 g/mol. The number of alkyl halides is 3. The van der Waals surface area contributed by atoms with Gasteiger partial charge in [0.1, 0.15) is 0 Å². The van der Waals surface area contributed by atoms with Gasteiger partial charge in [-0.15, -0.1) is 9.97 Å². The normalized spacial score (nSPS) is 9.65. The van der Waals surface area contributed by atoms with Crippen molar-refractivity contribution in [3.05, 3.63) is 5.82 Å². The van der Waals surface area contributed by atoms with Crippen LogP contribution in [0.3, 0.4) is 0 Å². The van der Waals surface area contributed by atoms with E-state index in [-0.39, 0.29) is 5.48 Å². The highest BCUT2D eigenvalue weighted by Crippen LogP contribution is 2.24. The number of hydrogen-bond donors (Lipinski definition) is 2. The summed E-state index contributed by atoms with van der Waals surface area (Å²) in [5.41, 5.74) is 10.5. The molecule has 0 saturated carbocycles. The summed E-state index contributed by atoms with van der Waals surface area (Å²) in [6.07, 6.45) is 0. The molecule has 1 heterocycles. The maximum atomic E-state index is 9.51. The number of carbonyl (C=O) groups is 1. The van der Waals surface area contributed by atoms with Gasteiger partial charge in [0, 0.05) is 6.92 Å². The van der Waals surface area contributed by atoms with Crippen LogP contribution in [0.2, 0.25) is 0 Å². The maximum absolute atomic E-state index is 9.51. The van der Waals surface area contributed by atoms with E-state index in [0.717, 1.165) is 0 Å². The lowest BCUT2D eigenvalue weighted by Crippen LogP contribution is -2.35. The van der Waals surface area contributed by atoms with Crippen LogP contribution in [0.1, 0.15) is 5.82 Å². The number of H-pyrrole nitrogens is 1. The van der Waals surface area contributed by atoms with Crippen molar-refractivity contribution in [1.82, 2.24) is 9.97 Å². The number of nitrogens with two attached hydrogens (primary N) is 2. The van der Waals surface area contributed by atoms with Crippen molar-refractivity contribution in [3.8, 4) is 0 Å². The molecule has 0 atom stereocenters. The summed E-state index contributed by atoms with van der Waals surface area (Å²) in [5, 5.41) is 9.51. The van der Waals surface area contributed by atoms with Gasteiger partial charge < -0.3 is 26.8 Å². The van der Waals surface area contributed by atoms with Crippen molar-refractivity contribution in [1.29, 1.82) is 0 Å². The fourth-order valence-electron chi connectivity index (χ4n) is 0.561. The molecule has 0 saturated heterocycles. The fraction of sp³-hybridized carbons (Fsp3) is 0.333. The van der Waals surface area contributed by atoms with Crippen molar-refractivity contribution >= 4 is 52.7 Å². The number of nitrogens with zero attached hydrogens (tertiary/aromatic N) is 2. The molecule has 98 valence electrons. The summed E-state index contributed by atoms with van der Waals surface area (Å²) in [6, 6.07) is 0. The van der Waals surface area contributed by atoms with E-state index >= 15 is 0 Å². The van der Waals surface area contributed by atoms with Crippen molar-refractivity contribution in [2.45, 2.75) is 10.7 Å². The summed E-state index contributed by atoms with van der Waals surface area (Å²) >= 11 is 14.2. The molecule has 0 radical (unpaired) electrons. The average Bonchev–Trinajstić information content (AvgIpc) is 1.99. The number of carboxylic acid groups (broad SMARTS) is 1. The van der Waals surface area contributed by atoms with Gasteiger partial charge in [0.15, 0.2) is 0 Å². The lowest BCUT2D eigenvalue weighted by molar-refractivity contribution is -0.351. The first-order chi connectivity index (χ1) is 7.12. The second-order valence-corrected chi connectivity index (χ2v) is 4.73. The Balaban J connectivity index is 0. The van der Waals surface area contributed by atoms with Crippen molar-refractivity contribution in [2.24, 2.45) is 0 Å². The second-order valence-electron chi connectivity index (χ2n) is 2.45. The van der Waals surface area contributed by atoms with Gasteiger partial charge in [-0.25, -0.2) is 4.98 Å². The van der Waals surface area contributed by atoms with E-state index < -0.39 is 9.76 Å². The minimum absolute atomic E-state index is 0. The van der Waals surface area contributed by atoms with Crippen LogP contribution < -0.4 is 21.6 Å². The molecule has 17 heavy (non-hydrogen) atoms. The SMILES string of the molecule is Cc1nc(N)[nH+]c(N)n1.O.O=C([O-])C(Cl)(Cl)Cl. The molecular formula is C6H10Cl3N5O3. The summed E-state index contributed by atoms with van der Waals surface area (Å²) in [5.74, 6) is -0.554. The number of aromatic amines is 1. The molecule has 0 bridgehead atoms. The molecule has 0 spiro atoms. The summed E-state index contributed by atoms with van der Waals surface area (Å²) in [6.45, 7) is 1.72. The Morgan fingerprint density at radius 2 is 1.59 bits per heavy atom. The molecule has 8 nitrogen and oxygen atoms in total. The molecule has 0 aliphatic carbocycles. The second kappa shape index (κ2) is 7.28. The third-order valence-electron chi connectivity index (χ3n) is 1.05. The van der Waals surface area contributed by atoms with Gasteiger partial charge in [-0.1, -0.05) is 34.8 Å². The van der Waals surface area contributed by atoms with Gasteiger partial charge in [0.2, 0.25) is 9.62 Å². The fourth-order valence-corrected chi connectivity index (χ4v) is 0.561. The Labute approximate surface area is 111 Å². The van der Waals surface area contributed by atoms with E-state index in [9.17, 15) is 9.90 Å². The zero-order valence-corrected chi connectivity index (χ0v) is 10.8. The summed E-state index contributed by atoms with van der Waals surface area (Å²) in [7, 11) is 0. The molecule has 0 aliphatic heterocycles. The minimum atomic E-state index is -2.28. The molecule has 0 fully saturated rings. The topological polar surface area (TPSA) is 164 Å². The third kappa shape index (κ3) is 8.69. The van der Waals surface area contributed by atoms with E-state index in [1.807, 2.05) is 0 Å². The highest BCUT2D eigenvalue weighted by atomic mass is 35.6. The van der Waals surface area contributed by atoms with Crippen molar-refractivity contribution < 1.29 is 20.4 Å². The van der Waals surface area contributed by atoms with Gasteiger partial charge in [-0.2, -0.15) is 0 Å². The number of aryl methyl sites for hydroxylation is 1. The Kier molecular flexibility index (Phi) is 7.83. The first-order valence-corrected chi connectivity index (χ1v) is 4.83. The number of halogens is 3. The number of anilines is 2. The van der Waals surface area contributed by atoms with E-state index in [2.05, 4.69) is 15.0 Å². The highest BCUT2D eigenvalue weighted by molar-refractivity contribution is 6.75. The smallest absolute Gasteiger partial charge is 0.318 e. The lowest BCUT2D eigenvalue weighted by atomic mass is 10.7. The van der Waals surface area contributed by atoms with Gasteiger partial charge in [0.25, 0.3) is 0 Å². The largest absolute Gasteiger partial charge is 0.545 e. The quantitative estimate of drug-likeness (QED) is 0.528. The number of carboxylic acids is 1. The molecule has 0 unspecified atom stereocenters. The molecule has 0 aromatic carbocycles. The molecule has 7 N–H and O–H groups in total. The van der Waals surface area contributed by atoms with Crippen LogP contribution in [0.4, 0.5) is 11.9 Å². The zero-order valence-electron chi connectivity index (χ0n) is 8.50. The van der Waals surface area contributed by atoms with E-state index in [4.69, 9.17) is 46.3 Å². The summed E-state index contributed by atoms with van der Waals surface area (Å²) in [4.78, 5) is 19.6. The molecule has 1 aromatic heterocycles. The van der Waals surface area contributed by atoms with Crippen LogP contribution in [0.15, 0.2) is 0 Å². The molecule has 0 aliphatic rings. The number of aliphatic carboxylic acids is 1. The number of nitrogen functional groups attached to an aromatic ring is 2. The number of rotatable bonds is 0. The Morgan fingerprint density at radius 1 is 1.29 bits per heavy atom. The number of carbonyl (C=O) groups excluding carboxylic acids is 1. The van der Waals surface area contributed by atoms with Crippen LogP contribution in [0.5, 0.6) is 0 Å². The van der Waals surface area contributed by atoms with Crippen LogP contribution in [-0.4, -0.2) is 25.2 Å². The van der Waals surface area contributed by atoms with Gasteiger partial charge >= 0.3 is 11.9 Å². The van der Waals surface area contributed by atoms with Gasteiger partial charge in [-0.05, 0) is 0 Å². The summed E-state index contributed by atoms with van der Waals surface area (Å²) < 4.78 is -2.28. The van der Waals surface area contributed by atoms with Crippen molar-refractivity contribution in [2.75, 3.05) is 11.5 Å². The first kappa shape index (κ1) is 18.3. The van der Waals surface area contributed by atoms with Crippen LogP contribution in [-0.2, 0) is 4.79 Å². The molecule has 1 aromatic rings. The number of aromatic nitrogens is 3. The Hall–Kier alpha value is -1.09. The lowest BCUT2D eigenvalue weighted by Gasteiger charge is -2.09. The highest BCUT2D eigenvalue weighted by Gasteiger charge is 2.20. The van der Waals surface area contributed by atoms with Gasteiger partial charge in [0.05, 0.1) is 5.97 Å². The predicted octanol–water partition coefficient (Wildman–Crippen LogP) is -1.95. The van der Waals surface area contributed by atoms with Crippen LogP contribution >= 0.6 is 34.8 Å². The van der Waals surface area contributed by atoms with E-state index in [1.54, 1.807) is 6.92 Å². The molecular weight excluding hydrogens is 296 g/mol. The predicted molar refractivity (Wildman–Crippen MR) is 61.1 cm³/mol. The Bertz CT molecular complexity index is 333. The number of nitrogens with one attached hydrogen (secondary N) is 1. The maximum Gasteiger partial charge on any atom is 0.318 e. The van der Waals surface area contributed by atoms with Gasteiger partial charge in [-0.3, -0.25) is 0 Å². The number of hydrogen-bond acceptors (Lipinski definition) is 6. The molecule has 0 amide bonds. The van der Waals surface area contributed by atoms with Crippen LogP contribution in [0.25, 0.3) is 0 Å². The van der Waals surface area contributed by atoms with E-state index in [0.29, 0.717) is 17.7 Å². The third-order valence-corrected chi connectivity index (χ3v) is 1.52.